The molecule has 0 aliphatic heterocycles. The van der Waals surface area contributed by atoms with Crippen LogP contribution in [0.2, 0.25) is 0 Å². The lowest BCUT2D eigenvalue weighted by molar-refractivity contribution is -0.146. The average Bonchev–Trinajstić information content (AvgIpc) is 2.77. The van der Waals surface area contributed by atoms with Crippen molar-refractivity contribution in [3.8, 4) is 5.75 Å². The maximum atomic E-state index is 11.8. The molecule has 0 saturated carbocycles. The van der Waals surface area contributed by atoms with Crippen LogP contribution in [-0.2, 0) is 9.53 Å². The fourth-order valence-electron chi connectivity index (χ4n) is 2.89. The van der Waals surface area contributed by atoms with E-state index in [1.807, 2.05) is 60.7 Å². The van der Waals surface area contributed by atoms with Gasteiger partial charge in [0.1, 0.15) is 11.9 Å². The van der Waals surface area contributed by atoms with Crippen molar-refractivity contribution in [2.75, 3.05) is 7.11 Å². The molecule has 3 aromatic carbocycles. The highest BCUT2D eigenvalue weighted by Gasteiger charge is 2.18. The molecule has 3 aromatic rings. The number of hydrogen-bond donors (Lipinski definition) is 0. The Morgan fingerprint density at radius 3 is 1.93 bits per heavy atom. The summed E-state index contributed by atoms with van der Waals surface area (Å²) in [5, 5.41) is 0. The van der Waals surface area contributed by atoms with Crippen molar-refractivity contribution in [1.82, 2.24) is 0 Å². The van der Waals surface area contributed by atoms with Gasteiger partial charge in [0.05, 0.1) is 7.11 Å². The van der Waals surface area contributed by atoms with Crippen LogP contribution >= 0.6 is 23.5 Å². The zero-order valence-electron chi connectivity index (χ0n) is 17.0. The highest BCUT2D eigenvalue weighted by atomic mass is 32.2. The first kappa shape index (κ1) is 22.1. The van der Waals surface area contributed by atoms with Gasteiger partial charge in [-0.3, -0.25) is 4.79 Å². The van der Waals surface area contributed by atoms with Gasteiger partial charge in [-0.15, -0.1) is 0 Å². The van der Waals surface area contributed by atoms with Crippen molar-refractivity contribution < 1.29 is 14.3 Å². The minimum absolute atomic E-state index is 0.313. The van der Waals surface area contributed by atoms with Gasteiger partial charge in [-0.05, 0) is 30.3 Å². The number of esters is 1. The standard InChI is InChI=1S/C25H24O3S2/c1-19(26)28-24(22-15-9-10-16-23(22)27-2)17-18-25(29-20-11-5-3-6-12-20)30-21-13-7-4-8-14-21/h3-16,18,24H,17H2,1-2H3/t24-/m1/s1. The molecule has 0 radical (unpaired) electrons. The molecular formula is C25H24O3S2. The van der Waals surface area contributed by atoms with Gasteiger partial charge < -0.3 is 9.47 Å². The molecule has 0 unspecified atom stereocenters. The smallest absolute Gasteiger partial charge is 0.303 e. The van der Waals surface area contributed by atoms with Crippen molar-refractivity contribution in [2.45, 2.75) is 29.2 Å². The molecule has 0 bridgehead atoms. The number of carbonyl (C=O) groups is 1. The summed E-state index contributed by atoms with van der Waals surface area (Å²) in [6.45, 7) is 1.43. The largest absolute Gasteiger partial charge is 0.496 e. The average molecular weight is 437 g/mol. The molecule has 0 spiro atoms. The molecule has 1 atom stereocenters. The first-order valence-corrected chi connectivity index (χ1v) is 11.2. The molecule has 3 nitrogen and oxygen atoms in total. The third-order valence-corrected chi connectivity index (χ3v) is 6.47. The molecule has 0 aromatic heterocycles. The molecule has 0 heterocycles. The fourth-order valence-corrected chi connectivity index (χ4v) is 5.04. The van der Waals surface area contributed by atoms with Crippen LogP contribution in [0.3, 0.4) is 0 Å². The van der Waals surface area contributed by atoms with Crippen molar-refractivity contribution in [3.05, 3.63) is 101 Å². The summed E-state index contributed by atoms with van der Waals surface area (Å²) in [5.74, 6) is 0.400. The predicted octanol–water partition coefficient (Wildman–Crippen LogP) is 7.12. The maximum absolute atomic E-state index is 11.8. The monoisotopic (exact) mass is 436 g/mol. The lowest BCUT2D eigenvalue weighted by Gasteiger charge is -2.19. The third-order valence-electron chi connectivity index (χ3n) is 4.22. The number of rotatable bonds is 9. The lowest BCUT2D eigenvalue weighted by atomic mass is 10.1. The summed E-state index contributed by atoms with van der Waals surface area (Å²) >= 11 is 3.40. The molecule has 0 aliphatic rings. The Labute approximate surface area is 186 Å². The lowest BCUT2D eigenvalue weighted by Crippen LogP contribution is -2.09. The van der Waals surface area contributed by atoms with Gasteiger partial charge >= 0.3 is 5.97 Å². The van der Waals surface area contributed by atoms with E-state index in [4.69, 9.17) is 9.47 Å². The summed E-state index contributed by atoms with van der Waals surface area (Å²) in [7, 11) is 1.63. The Morgan fingerprint density at radius 1 is 0.867 bits per heavy atom. The molecular weight excluding hydrogens is 412 g/mol. The summed E-state index contributed by atoms with van der Waals surface area (Å²) < 4.78 is 12.3. The van der Waals surface area contributed by atoms with Crippen LogP contribution in [0.1, 0.15) is 25.0 Å². The highest BCUT2D eigenvalue weighted by molar-refractivity contribution is 8.22. The van der Waals surface area contributed by atoms with Crippen LogP contribution in [0.4, 0.5) is 0 Å². The molecule has 5 heteroatoms. The normalized spacial score (nSPS) is 11.4. The Hall–Kier alpha value is -2.63. The molecule has 30 heavy (non-hydrogen) atoms. The van der Waals surface area contributed by atoms with Crippen LogP contribution in [0, 0.1) is 0 Å². The summed E-state index contributed by atoms with van der Waals surface area (Å²) in [5.41, 5.74) is 0.861. The maximum Gasteiger partial charge on any atom is 0.303 e. The zero-order chi connectivity index (χ0) is 21.2. The second kappa shape index (κ2) is 11.5. The number of benzene rings is 3. The molecule has 0 aliphatic carbocycles. The van der Waals surface area contributed by atoms with Crippen molar-refractivity contribution >= 4 is 29.5 Å². The fraction of sp³-hybridized carbons (Fsp3) is 0.160. The summed E-state index contributed by atoms with van der Waals surface area (Å²) in [4.78, 5) is 14.1. The van der Waals surface area contributed by atoms with E-state index in [1.165, 1.54) is 6.92 Å². The summed E-state index contributed by atoms with van der Waals surface area (Å²) in [6.07, 6.45) is 2.27. The van der Waals surface area contributed by atoms with Crippen LogP contribution in [0.15, 0.2) is 105 Å². The van der Waals surface area contributed by atoms with Crippen molar-refractivity contribution in [3.63, 3.8) is 0 Å². The number of para-hydroxylation sites is 1. The van der Waals surface area contributed by atoms with Gasteiger partial charge in [0.25, 0.3) is 0 Å². The number of ether oxygens (including phenoxy) is 2. The third kappa shape index (κ3) is 6.71. The second-order valence-corrected chi connectivity index (χ2v) is 8.92. The van der Waals surface area contributed by atoms with E-state index in [2.05, 4.69) is 30.3 Å². The van der Waals surface area contributed by atoms with E-state index in [-0.39, 0.29) is 5.97 Å². The van der Waals surface area contributed by atoms with Crippen LogP contribution in [0.5, 0.6) is 5.75 Å². The predicted molar refractivity (Wildman–Crippen MR) is 125 cm³/mol. The van der Waals surface area contributed by atoms with Gasteiger partial charge in [-0.25, -0.2) is 0 Å². The first-order chi connectivity index (χ1) is 14.7. The zero-order valence-corrected chi connectivity index (χ0v) is 18.6. The van der Waals surface area contributed by atoms with E-state index in [0.29, 0.717) is 12.2 Å². The van der Waals surface area contributed by atoms with Crippen LogP contribution < -0.4 is 4.74 Å². The Balaban J connectivity index is 1.87. The number of thioether (sulfide) groups is 2. The molecule has 0 saturated heterocycles. The summed E-state index contributed by atoms with van der Waals surface area (Å²) in [6, 6.07) is 28.2. The molecule has 0 fully saturated rings. The van der Waals surface area contributed by atoms with Gasteiger partial charge in [0.15, 0.2) is 0 Å². The quantitative estimate of drug-likeness (QED) is 0.264. The van der Waals surface area contributed by atoms with E-state index >= 15 is 0 Å². The minimum atomic E-state index is -0.415. The van der Waals surface area contributed by atoms with E-state index in [1.54, 1.807) is 30.6 Å². The number of hydrogen-bond acceptors (Lipinski definition) is 5. The van der Waals surface area contributed by atoms with E-state index in [9.17, 15) is 4.79 Å². The van der Waals surface area contributed by atoms with Crippen molar-refractivity contribution in [2.24, 2.45) is 0 Å². The SMILES string of the molecule is COc1ccccc1[C@@H](CC=C(Sc1ccccc1)Sc1ccccc1)OC(C)=O. The molecule has 154 valence electrons. The molecule has 0 amide bonds. The van der Waals surface area contributed by atoms with Gasteiger partial charge in [0.2, 0.25) is 0 Å². The Kier molecular flexibility index (Phi) is 8.48. The van der Waals surface area contributed by atoms with Crippen LogP contribution in [0.25, 0.3) is 0 Å². The highest BCUT2D eigenvalue weighted by Crippen LogP contribution is 2.41. The van der Waals surface area contributed by atoms with Crippen molar-refractivity contribution in [1.29, 1.82) is 0 Å². The second-order valence-electron chi connectivity index (χ2n) is 6.43. The topological polar surface area (TPSA) is 35.5 Å². The van der Waals surface area contributed by atoms with Gasteiger partial charge in [-0.1, -0.05) is 84.2 Å². The Bertz CT molecular complexity index is 928. The van der Waals surface area contributed by atoms with Crippen LogP contribution in [-0.4, -0.2) is 13.1 Å². The number of carbonyl (C=O) groups excluding carboxylic acids is 1. The van der Waals surface area contributed by atoms with Gasteiger partial charge in [0, 0.05) is 32.9 Å². The number of methoxy groups -OCH3 is 1. The van der Waals surface area contributed by atoms with E-state index < -0.39 is 6.10 Å². The van der Waals surface area contributed by atoms with Gasteiger partial charge in [-0.2, -0.15) is 0 Å². The molecule has 0 N–H and O–H groups in total. The minimum Gasteiger partial charge on any atom is -0.496 e. The first-order valence-electron chi connectivity index (χ1n) is 9.62. The Morgan fingerprint density at radius 2 is 1.40 bits per heavy atom. The molecule has 3 rings (SSSR count). The van der Waals surface area contributed by atoms with E-state index in [0.717, 1.165) is 19.6 Å².